The number of nitrogens with zero attached hydrogens (tertiary/aromatic N) is 1. The van der Waals surface area contributed by atoms with Crippen molar-refractivity contribution in [3.05, 3.63) is 27.8 Å². The highest BCUT2D eigenvalue weighted by molar-refractivity contribution is 5.76. The van der Waals surface area contributed by atoms with Crippen molar-refractivity contribution in [3.63, 3.8) is 0 Å². The molecule has 0 heterocycles. The third-order valence-electron chi connectivity index (χ3n) is 4.56. The average Bonchev–Trinajstić information content (AvgIpc) is 2.86. The summed E-state index contributed by atoms with van der Waals surface area (Å²) < 4.78 is 25.5. The Labute approximate surface area is 208 Å². The molecule has 0 spiro atoms. The van der Waals surface area contributed by atoms with Crippen molar-refractivity contribution in [2.75, 3.05) is 46.6 Å². The zero-order chi connectivity index (χ0) is 26.9. The Morgan fingerprint density at radius 1 is 1.08 bits per heavy atom. The summed E-state index contributed by atoms with van der Waals surface area (Å²) in [5.74, 6) is -0.411. The van der Waals surface area contributed by atoms with Crippen LogP contribution in [0.4, 0.5) is 10.5 Å². The third-order valence-corrected chi connectivity index (χ3v) is 4.56. The molecule has 202 valence electrons. The third kappa shape index (κ3) is 11.2. The Morgan fingerprint density at radius 3 is 2.44 bits per heavy atom. The van der Waals surface area contributed by atoms with Gasteiger partial charge in [-0.25, -0.2) is 9.59 Å². The number of hydrogen-bond acceptors (Lipinski definition) is 11. The number of nitro groups is 1. The van der Waals surface area contributed by atoms with Crippen LogP contribution in [-0.2, 0) is 30.4 Å². The lowest BCUT2D eigenvalue weighted by Gasteiger charge is -2.12. The molecule has 36 heavy (non-hydrogen) atoms. The molecule has 0 saturated carbocycles. The predicted octanol–water partition coefficient (Wildman–Crippen LogP) is 1.07. The first-order valence-corrected chi connectivity index (χ1v) is 11.3. The maximum Gasteiger partial charge on any atom is 0.407 e. The van der Waals surface area contributed by atoms with Gasteiger partial charge in [-0.05, 0) is 26.3 Å². The number of carbonyl (C=O) groups excluding carboxylic acids is 3. The zero-order valence-corrected chi connectivity index (χ0v) is 20.6. The molecule has 0 fully saturated rings. The van der Waals surface area contributed by atoms with Crippen LogP contribution >= 0.6 is 0 Å². The molecular formula is C22H33N3O11. The highest BCUT2D eigenvalue weighted by Crippen LogP contribution is 2.34. The predicted molar refractivity (Wildman–Crippen MR) is 125 cm³/mol. The molecule has 0 bridgehead atoms. The van der Waals surface area contributed by atoms with Crippen LogP contribution < -0.4 is 20.1 Å². The highest BCUT2D eigenvalue weighted by Gasteiger charge is 2.19. The van der Waals surface area contributed by atoms with Gasteiger partial charge in [0.25, 0.3) is 5.69 Å². The summed E-state index contributed by atoms with van der Waals surface area (Å²) in [7, 11) is 1.37. The number of aliphatic hydroxyl groups excluding tert-OH is 1. The minimum atomic E-state index is -0.760. The van der Waals surface area contributed by atoms with Gasteiger partial charge >= 0.3 is 12.1 Å². The number of alkyl carbamates (subject to hydrolysis) is 1. The van der Waals surface area contributed by atoms with Crippen LogP contribution in [0.25, 0.3) is 0 Å². The fourth-order valence-corrected chi connectivity index (χ4v) is 2.77. The van der Waals surface area contributed by atoms with Gasteiger partial charge < -0.3 is 39.4 Å². The number of nitrogens with one attached hydrogen (secondary N) is 2. The van der Waals surface area contributed by atoms with E-state index in [1.54, 1.807) is 6.92 Å². The van der Waals surface area contributed by atoms with E-state index in [1.165, 1.54) is 26.2 Å². The molecule has 1 rings (SSSR count). The fourth-order valence-electron chi connectivity index (χ4n) is 2.77. The van der Waals surface area contributed by atoms with Gasteiger partial charge in [0, 0.05) is 19.5 Å². The summed E-state index contributed by atoms with van der Waals surface area (Å²) >= 11 is 0. The van der Waals surface area contributed by atoms with Crippen LogP contribution in [-0.4, -0.2) is 80.7 Å². The summed E-state index contributed by atoms with van der Waals surface area (Å²) in [4.78, 5) is 45.4. The molecule has 0 aliphatic carbocycles. The second-order valence-electron chi connectivity index (χ2n) is 7.18. The second-order valence-corrected chi connectivity index (χ2v) is 7.18. The molecule has 0 saturated heterocycles. The van der Waals surface area contributed by atoms with E-state index in [-0.39, 0.29) is 74.6 Å². The molecule has 0 aliphatic heterocycles. The summed E-state index contributed by atoms with van der Waals surface area (Å²) in [5.41, 5.74) is -0.200. The average molecular weight is 516 g/mol. The SMILES string of the molecule is CCOC(=O)C(C)OCCOC(=O)NCCNC(=O)CCCOc1cc([N+](=O)[O-])c(CO)cc1OC. The normalized spacial score (nSPS) is 11.2. The van der Waals surface area contributed by atoms with E-state index in [4.69, 9.17) is 23.7 Å². The van der Waals surface area contributed by atoms with Gasteiger partial charge in [0.15, 0.2) is 17.6 Å². The molecule has 1 unspecified atom stereocenters. The number of methoxy groups -OCH3 is 1. The van der Waals surface area contributed by atoms with E-state index in [1.807, 2.05) is 0 Å². The fraction of sp³-hybridized carbons (Fsp3) is 0.591. The Balaban J connectivity index is 2.21. The zero-order valence-electron chi connectivity index (χ0n) is 20.6. The lowest BCUT2D eigenvalue weighted by Crippen LogP contribution is -2.35. The lowest BCUT2D eigenvalue weighted by molar-refractivity contribution is -0.385. The van der Waals surface area contributed by atoms with Crippen LogP contribution in [0.5, 0.6) is 11.5 Å². The summed E-state index contributed by atoms with van der Waals surface area (Å²) in [6, 6.07) is 2.50. The van der Waals surface area contributed by atoms with Gasteiger partial charge in [0.05, 0.1) is 50.1 Å². The molecule has 0 radical (unpaired) electrons. The Hall–Kier alpha value is -3.65. The van der Waals surface area contributed by atoms with Gasteiger partial charge in [-0.15, -0.1) is 0 Å². The van der Waals surface area contributed by atoms with Crippen LogP contribution in [0.15, 0.2) is 12.1 Å². The van der Waals surface area contributed by atoms with Gasteiger partial charge in [0.2, 0.25) is 5.91 Å². The second kappa shape index (κ2) is 16.9. The van der Waals surface area contributed by atoms with Crippen LogP contribution in [0, 0.1) is 10.1 Å². The maximum absolute atomic E-state index is 11.9. The van der Waals surface area contributed by atoms with Gasteiger partial charge in [-0.2, -0.15) is 0 Å². The largest absolute Gasteiger partial charge is 0.493 e. The first kappa shape index (κ1) is 30.4. The molecule has 1 atom stereocenters. The molecule has 1 aromatic rings. The minimum absolute atomic E-state index is 0.0248. The molecule has 0 aliphatic rings. The van der Waals surface area contributed by atoms with Gasteiger partial charge in [0.1, 0.15) is 6.61 Å². The summed E-state index contributed by atoms with van der Waals surface area (Å²) in [6.45, 7) is 3.32. The van der Waals surface area contributed by atoms with Crippen molar-refractivity contribution >= 4 is 23.7 Å². The van der Waals surface area contributed by atoms with E-state index in [2.05, 4.69) is 10.6 Å². The van der Waals surface area contributed by atoms with E-state index >= 15 is 0 Å². The summed E-state index contributed by atoms with van der Waals surface area (Å²) in [6.07, 6.45) is -1.01. The van der Waals surface area contributed by atoms with Crippen LogP contribution in [0.2, 0.25) is 0 Å². The number of rotatable bonds is 17. The lowest BCUT2D eigenvalue weighted by atomic mass is 10.1. The van der Waals surface area contributed by atoms with E-state index in [0.29, 0.717) is 6.42 Å². The number of amides is 2. The molecule has 3 N–H and O–H groups in total. The first-order valence-electron chi connectivity index (χ1n) is 11.3. The highest BCUT2D eigenvalue weighted by atomic mass is 16.6. The van der Waals surface area contributed by atoms with E-state index < -0.39 is 29.7 Å². The van der Waals surface area contributed by atoms with Crippen molar-refractivity contribution in [2.24, 2.45) is 0 Å². The molecule has 1 aromatic carbocycles. The molecule has 2 amide bonds. The maximum atomic E-state index is 11.9. The van der Waals surface area contributed by atoms with Crippen molar-refractivity contribution in [2.45, 2.75) is 39.4 Å². The number of nitro benzene ring substituents is 1. The molecular weight excluding hydrogens is 482 g/mol. The minimum Gasteiger partial charge on any atom is -0.493 e. The monoisotopic (exact) mass is 515 g/mol. The topological polar surface area (TPSA) is 185 Å². The van der Waals surface area contributed by atoms with Gasteiger partial charge in [-0.1, -0.05) is 0 Å². The number of carbonyl (C=O) groups is 3. The van der Waals surface area contributed by atoms with Crippen LogP contribution in [0.3, 0.4) is 0 Å². The van der Waals surface area contributed by atoms with Gasteiger partial charge in [-0.3, -0.25) is 14.9 Å². The van der Waals surface area contributed by atoms with Crippen molar-refractivity contribution in [3.8, 4) is 11.5 Å². The Bertz CT molecular complexity index is 879. The van der Waals surface area contributed by atoms with E-state index in [0.717, 1.165) is 0 Å². The van der Waals surface area contributed by atoms with E-state index in [9.17, 15) is 29.6 Å². The molecule has 14 nitrogen and oxygen atoms in total. The number of benzene rings is 1. The Kier molecular flexibility index (Phi) is 14.3. The molecule has 0 aromatic heterocycles. The van der Waals surface area contributed by atoms with Crippen molar-refractivity contribution < 1.29 is 48.1 Å². The standard InChI is InChI=1S/C22H33N3O11/c1-4-33-21(28)15(2)34-10-11-36-22(29)24-8-7-23-20(27)6-5-9-35-19-13-17(25(30)31)16(14-26)12-18(19)32-3/h12-13,15,26H,4-11,14H2,1-3H3,(H,23,27)(H,24,29). The quantitative estimate of drug-likeness (QED) is 0.117. The van der Waals surface area contributed by atoms with Crippen molar-refractivity contribution in [1.82, 2.24) is 10.6 Å². The van der Waals surface area contributed by atoms with Crippen molar-refractivity contribution in [1.29, 1.82) is 0 Å². The first-order chi connectivity index (χ1) is 17.2. The number of aliphatic hydroxyl groups is 1. The summed E-state index contributed by atoms with van der Waals surface area (Å²) in [5, 5.41) is 25.5. The number of esters is 1. The Morgan fingerprint density at radius 2 is 1.81 bits per heavy atom. The smallest absolute Gasteiger partial charge is 0.407 e. The van der Waals surface area contributed by atoms with Crippen LogP contribution in [0.1, 0.15) is 32.3 Å². The number of ether oxygens (including phenoxy) is 5. The molecule has 14 heteroatoms. The number of hydrogen-bond donors (Lipinski definition) is 3.